The van der Waals surface area contributed by atoms with E-state index in [0.29, 0.717) is 0 Å². The number of carbonyl (C=O) groups is 1. The third-order valence-corrected chi connectivity index (χ3v) is 17.3. The number of aryl methyl sites for hydroxylation is 1. The second-order valence-corrected chi connectivity index (χ2v) is 16.4. The van der Waals surface area contributed by atoms with Crippen LogP contribution in [-0.4, -0.2) is 24.3 Å². The zero-order valence-electron chi connectivity index (χ0n) is 17.6. The van der Waals surface area contributed by atoms with Gasteiger partial charge in [0.2, 0.25) is 0 Å². The Bertz CT molecular complexity index is 1040. The average Bonchev–Trinajstić information content (AvgIpc) is 2.81. The van der Waals surface area contributed by atoms with Crippen LogP contribution in [-0.2, 0) is 4.79 Å². The molecule has 1 unspecified atom stereocenters. The zero-order valence-corrected chi connectivity index (χ0v) is 19.7. The van der Waals surface area contributed by atoms with Crippen LogP contribution < -0.4 is 13.2 Å². The molecule has 0 aliphatic rings. The zero-order chi connectivity index (χ0) is 21.7. The fraction of sp³-hybridized carbons (Fsp3) is 0.107. The number of benzene rings is 4. The van der Waals surface area contributed by atoms with Gasteiger partial charge in [-0.25, -0.2) is 0 Å². The van der Waals surface area contributed by atoms with Gasteiger partial charge in [0.25, 0.3) is 0 Å². The molecular weight excluding hydrogens is 441 g/mol. The molecule has 0 bridgehead atoms. The maximum atomic E-state index is 12.3. The Morgan fingerprint density at radius 2 is 1.06 bits per heavy atom. The van der Waals surface area contributed by atoms with Crippen LogP contribution >= 0.6 is 0 Å². The van der Waals surface area contributed by atoms with Gasteiger partial charge in [-0.1, -0.05) is 0 Å². The van der Waals surface area contributed by atoms with E-state index in [4.69, 9.17) is 0 Å². The van der Waals surface area contributed by atoms with Crippen molar-refractivity contribution in [3.05, 3.63) is 126 Å². The summed E-state index contributed by atoms with van der Waals surface area (Å²) < 4.78 is 3.71. The first-order valence-corrected chi connectivity index (χ1v) is 14.9. The van der Waals surface area contributed by atoms with Crippen molar-refractivity contribution in [1.29, 1.82) is 0 Å². The first kappa shape index (κ1) is 21.1. The van der Waals surface area contributed by atoms with E-state index in [1.54, 1.807) is 0 Å². The molecule has 1 N–H and O–H groups in total. The quantitative estimate of drug-likeness (QED) is 0.413. The SMILES string of the molecule is Cc1ccccc1[CH](CC(=O)O)[Ge]([c]1ccccc1)([c]1ccccc1)[c]1ccccc1. The summed E-state index contributed by atoms with van der Waals surface area (Å²) in [5.41, 5.74) is 2.29. The number of carboxylic acid groups (broad SMARTS) is 1. The van der Waals surface area contributed by atoms with E-state index in [1.165, 1.54) is 13.2 Å². The van der Waals surface area contributed by atoms with Gasteiger partial charge in [0, 0.05) is 0 Å². The van der Waals surface area contributed by atoms with E-state index in [1.807, 2.05) is 30.3 Å². The molecule has 0 saturated carbocycles. The Kier molecular flexibility index (Phi) is 6.38. The van der Waals surface area contributed by atoms with Gasteiger partial charge in [0.05, 0.1) is 0 Å². The van der Waals surface area contributed by atoms with Gasteiger partial charge in [0.1, 0.15) is 0 Å². The molecule has 2 nitrogen and oxygen atoms in total. The minimum atomic E-state index is -3.51. The van der Waals surface area contributed by atoms with E-state index < -0.39 is 19.2 Å². The van der Waals surface area contributed by atoms with E-state index in [2.05, 4.69) is 91.9 Å². The van der Waals surface area contributed by atoms with Crippen LogP contribution in [0.25, 0.3) is 0 Å². The number of carboxylic acids is 1. The summed E-state index contributed by atoms with van der Waals surface area (Å²) in [5.74, 6) is -0.758. The second kappa shape index (κ2) is 9.36. The molecule has 0 fully saturated rings. The molecule has 0 spiro atoms. The summed E-state index contributed by atoms with van der Waals surface area (Å²) in [6.07, 6.45) is 0.101. The van der Waals surface area contributed by atoms with Crippen LogP contribution in [0.5, 0.6) is 0 Å². The Morgan fingerprint density at radius 1 is 0.677 bits per heavy atom. The molecule has 0 saturated heterocycles. The summed E-state index contributed by atoms with van der Waals surface area (Å²) in [7, 11) is 0. The summed E-state index contributed by atoms with van der Waals surface area (Å²) in [6, 6.07) is 40.1. The van der Waals surface area contributed by atoms with Crippen LogP contribution in [0.2, 0.25) is 0 Å². The van der Waals surface area contributed by atoms with Crippen LogP contribution in [0.4, 0.5) is 0 Å². The van der Waals surface area contributed by atoms with Gasteiger partial charge in [-0.3, -0.25) is 0 Å². The first-order chi connectivity index (χ1) is 15.1. The molecule has 0 heterocycles. The summed E-state index contributed by atoms with van der Waals surface area (Å²) in [4.78, 5) is 12.3. The van der Waals surface area contributed by atoms with Crippen LogP contribution in [0.3, 0.4) is 0 Å². The minimum absolute atomic E-state index is 0.101. The standard InChI is InChI=1S/C28H26GeO2/c1-22-13-11-12-20-26(22)27(21-28(30)31)29(23-14-5-2-6-15-23,24-16-7-3-8-17-24)25-18-9-4-10-19-25/h2-20,27H,21H2,1H3,(H,30,31). The molecule has 0 amide bonds. The molecule has 3 heteroatoms. The van der Waals surface area contributed by atoms with Gasteiger partial charge >= 0.3 is 187 Å². The molecule has 0 radical (unpaired) electrons. The van der Waals surface area contributed by atoms with Crippen molar-refractivity contribution in [2.24, 2.45) is 0 Å². The van der Waals surface area contributed by atoms with Crippen molar-refractivity contribution in [1.82, 2.24) is 0 Å². The van der Waals surface area contributed by atoms with Crippen LogP contribution in [0.1, 0.15) is 22.3 Å². The predicted molar refractivity (Wildman–Crippen MR) is 130 cm³/mol. The fourth-order valence-corrected chi connectivity index (χ4v) is 16.7. The molecule has 31 heavy (non-hydrogen) atoms. The topological polar surface area (TPSA) is 37.3 Å². The monoisotopic (exact) mass is 468 g/mol. The summed E-state index contributed by atoms with van der Waals surface area (Å²) in [6.45, 7) is 2.10. The Labute approximate surface area is 186 Å². The molecule has 0 aliphatic carbocycles. The maximum absolute atomic E-state index is 12.3. The van der Waals surface area contributed by atoms with Gasteiger partial charge in [0.15, 0.2) is 0 Å². The normalized spacial score (nSPS) is 12.3. The fourth-order valence-electron chi connectivity index (χ4n) is 4.86. The average molecular weight is 467 g/mol. The van der Waals surface area contributed by atoms with Gasteiger partial charge < -0.3 is 0 Å². The predicted octanol–water partition coefficient (Wildman–Crippen LogP) is 4.26. The number of hydrogen-bond acceptors (Lipinski definition) is 1. The summed E-state index contributed by atoms with van der Waals surface area (Å²) in [5, 5.41) is 10.1. The van der Waals surface area contributed by atoms with E-state index >= 15 is 0 Å². The Hall–Kier alpha value is -3.11. The van der Waals surface area contributed by atoms with Crippen molar-refractivity contribution in [3.63, 3.8) is 0 Å². The van der Waals surface area contributed by atoms with Gasteiger partial charge in [-0.05, 0) is 0 Å². The first-order valence-electron chi connectivity index (χ1n) is 10.6. The van der Waals surface area contributed by atoms with Crippen molar-refractivity contribution < 1.29 is 9.90 Å². The molecule has 154 valence electrons. The third-order valence-electron chi connectivity index (χ3n) is 6.15. The third kappa shape index (κ3) is 4.08. The number of rotatable bonds is 7. The Balaban J connectivity index is 2.14. The van der Waals surface area contributed by atoms with Gasteiger partial charge in [-0.15, -0.1) is 0 Å². The summed E-state index contributed by atoms with van der Waals surface area (Å²) >= 11 is -3.51. The molecule has 4 aromatic carbocycles. The van der Waals surface area contributed by atoms with Crippen LogP contribution in [0, 0.1) is 6.92 Å². The van der Waals surface area contributed by atoms with Crippen molar-refractivity contribution in [3.8, 4) is 0 Å². The van der Waals surface area contributed by atoms with E-state index in [0.717, 1.165) is 11.1 Å². The molecule has 0 aromatic heterocycles. The van der Waals surface area contributed by atoms with E-state index in [9.17, 15) is 9.90 Å². The van der Waals surface area contributed by atoms with E-state index in [-0.39, 0.29) is 11.2 Å². The van der Waals surface area contributed by atoms with Crippen molar-refractivity contribution >= 4 is 32.4 Å². The van der Waals surface area contributed by atoms with Crippen molar-refractivity contribution in [2.45, 2.75) is 18.1 Å². The molecule has 0 aliphatic heterocycles. The number of hydrogen-bond donors (Lipinski definition) is 1. The molecular formula is C28H26GeO2. The second-order valence-electron chi connectivity index (χ2n) is 7.91. The molecule has 4 rings (SSSR count). The number of aliphatic carboxylic acids is 1. The van der Waals surface area contributed by atoms with Gasteiger partial charge in [-0.2, -0.15) is 0 Å². The molecule has 1 atom stereocenters. The van der Waals surface area contributed by atoms with Crippen LogP contribution in [0.15, 0.2) is 115 Å². The molecule has 4 aromatic rings. The Morgan fingerprint density at radius 3 is 1.45 bits per heavy atom. The van der Waals surface area contributed by atoms with Crippen molar-refractivity contribution in [2.75, 3.05) is 0 Å².